The van der Waals surface area contributed by atoms with Crippen molar-refractivity contribution in [3.63, 3.8) is 0 Å². The van der Waals surface area contributed by atoms with Gasteiger partial charge in [0.2, 0.25) is 0 Å². The fourth-order valence-electron chi connectivity index (χ4n) is 6.00. The van der Waals surface area contributed by atoms with Crippen LogP contribution in [0.1, 0.15) is 72.1 Å². The molecule has 0 spiro atoms. The van der Waals surface area contributed by atoms with Crippen molar-refractivity contribution in [3.05, 3.63) is 47.6 Å². The zero-order valence-electron chi connectivity index (χ0n) is 17.4. The third kappa shape index (κ3) is 4.80. The third-order valence-corrected chi connectivity index (χ3v) is 7.96. The van der Waals surface area contributed by atoms with Gasteiger partial charge in [0.15, 0.2) is 0 Å². The summed E-state index contributed by atoms with van der Waals surface area (Å²) in [6, 6.07) is 0. The van der Waals surface area contributed by atoms with Crippen LogP contribution in [0.5, 0.6) is 0 Å². The largest absolute Gasteiger partial charge is 0.393 e. The summed E-state index contributed by atoms with van der Waals surface area (Å²) < 4.78 is 0.613. The summed E-state index contributed by atoms with van der Waals surface area (Å²) in [5.41, 5.74) is 4.61. The van der Waals surface area contributed by atoms with E-state index < -0.39 is 0 Å². The fraction of sp³-hybridized carbons (Fsp3) is 0.680. The van der Waals surface area contributed by atoms with Crippen LogP contribution in [0.4, 0.5) is 0 Å². The predicted octanol–water partition coefficient (Wildman–Crippen LogP) is 7.17. The first-order valence-electron chi connectivity index (χ1n) is 10.9. The molecule has 3 fully saturated rings. The molecule has 1 N–H and O–H groups in total. The van der Waals surface area contributed by atoms with Crippen molar-refractivity contribution in [3.8, 4) is 0 Å². The number of halogens is 1. The molecule has 0 aromatic heterocycles. The standard InChI is InChI=1S/C25H37IO/c1-17-8-12-22(27)16-21(17)11-10-20-6-5-15-25(4)23(13-14-24(20)25)18(2)7-9-19(3)26/h7,9-11,18-19,22-24,27H,1,5-6,8,12-16H2,2-4H3/b9-7+,20-10+,21-11-/t18-,19+,22+,23-,24+,25-/m1/s1. The molecule has 1 nitrogen and oxygen atoms in total. The van der Waals surface area contributed by atoms with Gasteiger partial charge < -0.3 is 5.11 Å². The molecule has 0 aromatic carbocycles. The van der Waals surface area contributed by atoms with Gasteiger partial charge in [-0.2, -0.15) is 0 Å². The third-order valence-electron chi connectivity index (χ3n) is 7.54. The van der Waals surface area contributed by atoms with Crippen LogP contribution >= 0.6 is 22.6 Å². The molecule has 3 saturated carbocycles. The van der Waals surface area contributed by atoms with Crippen molar-refractivity contribution in [2.45, 2.75) is 82.2 Å². The molecule has 0 bridgehead atoms. The van der Waals surface area contributed by atoms with Crippen LogP contribution in [0.25, 0.3) is 0 Å². The van der Waals surface area contributed by atoms with E-state index in [1.165, 1.54) is 43.3 Å². The molecular formula is C25H37IO. The topological polar surface area (TPSA) is 20.2 Å². The van der Waals surface area contributed by atoms with Crippen molar-refractivity contribution < 1.29 is 5.11 Å². The van der Waals surface area contributed by atoms with E-state index in [1.54, 1.807) is 5.57 Å². The normalized spacial score (nSPS) is 39.9. The minimum atomic E-state index is -0.180. The lowest BCUT2D eigenvalue weighted by molar-refractivity contribution is 0.112. The smallest absolute Gasteiger partial charge is 0.0583 e. The molecule has 0 aromatic rings. The summed E-state index contributed by atoms with van der Waals surface area (Å²) in [7, 11) is 0. The maximum atomic E-state index is 10.0. The van der Waals surface area contributed by atoms with Gasteiger partial charge in [-0.1, -0.05) is 78.5 Å². The molecule has 0 saturated heterocycles. The molecule has 0 unspecified atom stereocenters. The number of alkyl halides is 1. The maximum absolute atomic E-state index is 10.0. The Morgan fingerprint density at radius 2 is 1.93 bits per heavy atom. The van der Waals surface area contributed by atoms with Crippen molar-refractivity contribution in [1.29, 1.82) is 0 Å². The molecule has 0 amide bonds. The van der Waals surface area contributed by atoms with Crippen LogP contribution in [0.15, 0.2) is 47.6 Å². The summed E-state index contributed by atoms with van der Waals surface area (Å²) in [5.74, 6) is 2.21. The summed E-state index contributed by atoms with van der Waals surface area (Å²) in [6.07, 6.45) is 18.6. The van der Waals surface area contributed by atoms with Crippen molar-refractivity contribution in [2.75, 3.05) is 0 Å². The van der Waals surface area contributed by atoms with E-state index in [-0.39, 0.29) is 6.10 Å². The predicted molar refractivity (Wildman–Crippen MR) is 125 cm³/mol. The van der Waals surface area contributed by atoms with Crippen LogP contribution in [-0.4, -0.2) is 15.1 Å². The Kier molecular flexibility index (Phi) is 7.11. The van der Waals surface area contributed by atoms with E-state index >= 15 is 0 Å². The molecule has 3 aliphatic carbocycles. The van der Waals surface area contributed by atoms with E-state index in [0.29, 0.717) is 15.3 Å². The Balaban J connectivity index is 1.78. The molecule has 150 valence electrons. The maximum Gasteiger partial charge on any atom is 0.0583 e. The van der Waals surface area contributed by atoms with Crippen molar-refractivity contribution in [2.24, 2.45) is 23.2 Å². The lowest BCUT2D eigenvalue weighted by atomic mass is 9.61. The van der Waals surface area contributed by atoms with Gasteiger partial charge in [-0.3, -0.25) is 0 Å². The zero-order valence-corrected chi connectivity index (χ0v) is 19.5. The summed E-state index contributed by atoms with van der Waals surface area (Å²) in [4.78, 5) is 0. The molecule has 0 radical (unpaired) electrons. The average molecular weight is 480 g/mol. The Bertz CT molecular complexity index is 641. The number of rotatable bonds is 4. The lowest BCUT2D eigenvalue weighted by Crippen LogP contribution is -2.35. The lowest BCUT2D eigenvalue weighted by Gasteiger charge is -2.44. The van der Waals surface area contributed by atoms with Crippen molar-refractivity contribution in [1.82, 2.24) is 0 Å². The Morgan fingerprint density at radius 1 is 1.15 bits per heavy atom. The second-order valence-corrected chi connectivity index (χ2v) is 11.4. The number of aliphatic hydroxyl groups is 1. The highest BCUT2D eigenvalue weighted by atomic mass is 127. The van der Waals surface area contributed by atoms with Gasteiger partial charge >= 0.3 is 0 Å². The minimum absolute atomic E-state index is 0.180. The molecule has 0 heterocycles. The quantitative estimate of drug-likeness (QED) is 0.257. The number of fused-ring (bicyclic) bond motifs is 1. The van der Waals surface area contributed by atoms with Crippen LogP contribution in [0, 0.1) is 23.2 Å². The zero-order chi connectivity index (χ0) is 19.6. The summed E-state index contributed by atoms with van der Waals surface area (Å²) >= 11 is 2.49. The van der Waals surface area contributed by atoms with Crippen molar-refractivity contribution >= 4 is 22.6 Å². The molecule has 0 aliphatic heterocycles. The SMILES string of the molecule is C=C1CC[C@H](O)C/C1=C/C=C1\CCC[C@]2(C)[C@@H]([C@H](C)/C=C/[C@H](C)I)CC[C@@H]12. The number of aliphatic hydroxyl groups excluding tert-OH is 1. The highest BCUT2D eigenvalue weighted by Crippen LogP contribution is 2.59. The Labute approximate surface area is 180 Å². The number of hydrogen-bond acceptors (Lipinski definition) is 1. The highest BCUT2D eigenvalue weighted by molar-refractivity contribution is 14.1. The van der Waals surface area contributed by atoms with Crippen LogP contribution in [-0.2, 0) is 0 Å². The van der Waals surface area contributed by atoms with E-state index in [4.69, 9.17) is 0 Å². The van der Waals surface area contributed by atoms with Crippen LogP contribution in [0.2, 0.25) is 0 Å². The van der Waals surface area contributed by atoms with Gasteiger partial charge in [0.05, 0.1) is 6.10 Å². The van der Waals surface area contributed by atoms with E-state index in [9.17, 15) is 5.11 Å². The first kappa shape index (κ1) is 21.4. The second kappa shape index (κ2) is 8.98. The van der Waals surface area contributed by atoms with Crippen LogP contribution in [0.3, 0.4) is 0 Å². The molecule has 3 rings (SSSR count). The summed E-state index contributed by atoms with van der Waals surface area (Å²) in [5, 5.41) is 10.0. The summed E-state index contributed by atoms with van der Waals surface area (Å²) in [6.45, 7) is 11.5. The van der Waals surface area contributed by atoms with Gasteiger partial charge in [-0.05, 0) is 87.0 Å². The first-order valence-corrected chi connectivity index (χ1v) is 12.1. The van der Waals surface area contributed by atoms with Gasteiger partial charge in [0.1, 0.15) is 0 Å². The van der Waals surface area contributed by atoms with Crippen LogP contribution < -0.4 is 0 Å². The van der Waals surface area contributed by atoms with E-state index in [2.05, 4.69) is 74.2 Å². The average Bonchev–Trinajstić information content (AvgIpc) is 2.98. The molecule has 6 atom stereocenters. The molecule has 3 aliphatic rings. The Hall–Kier alpha value is -0.350. The fourth-order valence-corrected chi connectivity index (χ4v) is 6.24. The van der Waals surface area contributed by atoms with Gasteiger partial charge in [0.25, 0.3) is 0 Å². The number of hydrogen-bond donors (Lipinski definition) is 1. The van der Waals surface area contributed by atoms with Gasteiger partial charge in [-0.15, -0.1) is 0 Å². The van der Waals surface area contributed by atoms with Gasteiger partial charge in [-0.25, -0.2) is 0 Å². The van der Waals surface area contributed by atoms with E-state index in [0.717, 1.165) is 31.1 Å². The highest BCUT2D eigenvalue weighted by Gasteiger charge is 2.50. The second-order valence-electron chi connectivity index (χ2n) is 9.45. The number of allylic oxidation sites excluding steroid dienone is 6. The minimum Gasteiger partial charge on any atom is -0.393 e. The van der Waals surface area contributed by atoms with E-state index in [1.807, 2.05) is 0 Å². The first-order chi connectivity index (χ1) is 12.8. The molecular weight excluding hydrogens is 443 g/mol. The Morgan fingerprint density at radius 3 is 2.67 bits per heavy atom. The monoisotopic (exact) mass is 480 g/mol. The van der Waals surface area contributed by atoms with Gasteiger partial charge in [0, 0.05) is 3.92 Å². The molecule has 27 heavy (non-hydrogen) atoms. The molecule has 2 heteroatoms.